The summed E-state index contributed by atoms with van der Waals surface area (Å²) in [5, 5.41) is 0. The Morgan fingerprint density at radius 2 is 1.64 bits per heavy atom. The second-order valence-electron chi connectivity index (χ2n) is 2.71. The molecule has 8 heteroatoms. The molecule has 0 saturated carbocycles. The average molecular weight is 240 g/mol. The van der Waals surface area contributed by atoms with Crippen LogP contribution < -0.4 is 0 Å². The predicted octanol–water partition coefficient (Wildman–Crippen LogP) is 0.324. The molecule has 0 aliphatic heterocycles. The first-order valence-electron chi connectivity index (χ1n) is 3.57. The van der Waals surface area contributed by atoms with Crippen molar-refractivity contribution in [3.8, 4) is 0 Å². The van der Waals surface area contributed by atoms with Crippen LogP contribution in [0.25, 0.3) is 0 Å². The third-order valence-electron chi connectivity index (χ3n) is 1.67. The van der Waals surface area contributed by atoms with E-state index in [4.69, 9.17) is 9.11 Å². The monoisotopic (exact) mass is 240 g/mol. The van der Waals surface area contributed by atoms with E-state index >= 15 is 0 Å². The van der Waals surface area contributed by atoms with E-state index in [1.165, 1.54) is 6.08 Å². The quantitative estimate of drug-likeness (QED) is 0.673. The van der Waals surface area contributed by atoms with Crippen molar-refractivity contribution in [3.63, 3.8) is 0 Å². The SMILES string of the molecule is O=S(=O)(O)C1=CCCC(S(=O)(=O)O)=C1. The van der Waals surface area contributed by atoms with Gasteiger partial charge in [0, 0.05) is 0 Å². The molecule has 0 radical (unpaired) electrons. The Morgan fingerprint density at radius 1 is 1.07 bits per heavy atom. The Morgan fingerprint density at radius 3 is 2.07 bits per heavy atom. The van der Waals surface area contributed by atoms with Crippen molar-refractivity contribution < 1.29 is 25.9 Å². The molecule has 0 fully saturated rings. The average Bonchev–Trinajstić information content (AvgIpc) is 2.01. The molecule has 0 bridgehead atoms. The third-order valence-corrected chi connectivity index (χ3v) is 3.53. The van der Waals surface area contributed by atoms with Gasteiger partial charge in [0.2, 0.25) is 0 Å². The van der Waals surface area contributed by atoms with E-state index in [0.717, 1.165) is 6.08 Å². The minimum atomic E-state index is -4.41. The lowest BCUT2D eigenvalue weighted by molar-refractivity contribution is 0.489. The van der Waals surface area contributed by atoms with Gasteiger partial charge < -0.3 is 0 Å². The lowest BCUT2D eigenvalue weighted by Crippen LogP contribution is -2.09. The van der Waals surface area contributed by atoms with Gasteiger partial charge in [-0.2, -0.15) is 16.8 Å². The van der Waals surface area contributed by atoms with Gasteiger partial charge in [0.25, 0.3) is 20.2 Å². The fraction of sp³-hybridized carbons (Fsp3) is 0.333. The zero-order chi connectivity index (χ0) is 11.0. The number of rotatable bonds is 2. The summed E-state index contributed by atoms with van der Waals surface area (Å²) in [7, 11) is -8.78. The second-order valence-corrected chi connectivity index (χ2v) is 5.60. The van der Waals surface area contributed by atoms with Gasteiger partial charge in [0.15, 0.2) is 0 Å². The molecule has 1 aliphatic carbocycles. The highest BCUT2D eigenvalue weighted by atomic mass is 32.2. The van der Waals surface area contributed by atoms with Crippen molar-refractivity contribution in [2.75, 3.05) is 0 Å². The molecule has 6 nitrogen and oxygen atoms in total. The summed E-state index contributed by atoms with van der Waals surface area (Å²) in [6.07, 6.45) is 2.09. The summed E-state index contributed by atoms with van der Waals surface area (Å²) in [5.74, 6) is 0. The molecule has 80 valence electrons. The molecule has 0 spiro atoms. The van der Waals surface area contributed by atoms with Crippen molar-refractivity contribution in [3.05, 3.63) is 22.0 Å². The lowest BCUT2D eigenvalue weighted by atomic mass is 10.2. The van der Waals surface area contributed by atoms with Crippen molar-refractivity contribution in [1.82, 2.24) is 0 Å². The standard InChI is InChI=1S/C6H8O6S2/c7-13(8,9)5-2-1-3-6(4-5)14(10,11)12/h2,4H,1,3H2,(H,7,8,9)(H,10,11,12). The van der Waals surface area contributed by atoms with E-state index in [1.807, 2.05) is 0 Å². The third kappa shape index (κ3) is 2.64. The highest BCUT2D eigenvalue weighted by Gasteiger charge is 2.21. The fourth-order valence-electron chi connectivity index (χ4n) is 1.03. The summed E-state index contributed by atoms with van der Waals surface area (Å²) >= 11 is 0. The van der Waals surface area contributed by atoms with Crippen LogP contribution in [0.1, 0.15) is 12.8 Å². The van der Waals surface area contributed by atoms with Crippen molar-refractivity contribution >= 4 is 20.2 Å². The van der Waals surface area contributed by atoms with Gasteiger partial charge >= 0.3 is 0 Å². The summed E-state index contributed by atoms with van der Waals surface area (Å²) in [6.45, 7) is 0. The Kier molecular flexibility index (Phi) is 2.81. The van der Waals surface area contributed by atoms with Crippen LogP contribution >= 0.6 is 0 Å². The molecule has 0 atom stereocenters. The van der Waals surface area contributed by atoms with E-state index in [-0.39, 0.29) is 12.8 Å². The summed E-state index contributed by atoms with van der Waals surface area (Å²) < 4.78 is 59.8. The van der Waals surface area contributed by atoms with E-state index in [2.05, 4.69) is 0 Å². The molecule has 1 rings (SSSR count). The predicted molar refractivity (Wildman–Crippen MR) is 48.5 cm³/mol. The normalized spacial score (nSPS) is 18.7. The smallest absolute Gasteiger partial charge is 0.282 e. The molecule has 0 aromatic heterocycles. The first kappa shape index (κ1) is 11.4. The highest BCUT2D eigenvalue weighted by Crippen LogP contribution is 2.23. The summed E-state index contributed by atoms with van der Waals surface area (Å²) in [4.78, 5) is -0.913. The van der Waals surface area contributed by atoms with Crippen LogP contribution in [-0.2, 0) is 20.2 Å². The maximum Gasteiger partial charge on any atom is 0.294 e. The largest absolute Gasteiger partial charge is 0.294 e. The zero-order valence-corrected chi connectivity index (χ0v) is 8.55. The van der Waals surface area contributed by atoms with Crippen molar-refractivity contribution in [2.45, 2.75) is 12.8 Å². The first-order valence-corrected chi connectivity index (χ1v) is 6.45. The van der Waals surface area contributed by atoms with Gasteiger partial charge in [-0.15, -0.1) is 0 Å². The molecule has 0 amide bonds. The van der Waals surface area contributed by atoms with Gasteiger partial charge in [-0.25, -0.2) is 0 Å². The van der Waals surface area contributed by atoms with Crippen LogP contribution in [-0.4, -0.2) is 25.9 Å². The van der Waals surface area contributed by atoms with E-state index in [1.54, 1.807) is 0 Å². The Bertz CT molecular complexity index is 492. The van der Waals surface area contributed by atoms with Crippen LogP contribution in [0.2, 0.25) is 0 Å². The van der Waals surface area contributed by atoms with Crippen LogP contribution in [0, 0.1) is 0 Å². The molecular formula is C6H8O6S2. The topological polar surface area (TPSA) is 109 Å². The van der Waals surface area contributed by atoms with Gasteiger partial charge in [-0.3, -0.25) is 9.11 Å². The lowest BCUT2D eigenvalue weighted by Gasteiger charge is -2.08. The maximum absolute atomic E-state index is 10.6. The Hall–Kier alpha value is -0.700. The molecule has 2 N–H and O–H groups in total. The van der Waals surface area contributed by atoms with Crippen LogP contribution in [0.3, 0.4) is 0 Å². The number of allylic oxidation sites excluding steroid dienone is 3. The molecule has 1 aliphatic rings. The van der Waals surface area contributed by atoms with Crippen molar-refractivity contribution in [2.24, 2.45) is 0 Å². The maximum atomic E-state index is 10.6. The van der Waals surface area contributed by atoms with E-state index in [0.29, 0.717) is 0 Å². The number of hydrogen-bond donors (Lipinski definition) is 2. The summed E-state index contributed by atoms with van der Waals surface area (Å²) in [6, 6.07) is 0. The van der Waals surface area contributed by atoms with Crippen LogP contribution in [0.15, 0.2) is 22.0 Å². The van der Waals surface area contributed by atoms with Gasteiger partial charge in [-0.1, -0.05) is 6.08 Å². The molecule has 0 heterocycles. The molecular weight excluding hydrogens is 232 g/mol. The van der Waals surface area contributed by atoms with Gasteiger partial charge in [-0.05, 0) is 18.9 Å². The Labute approximate surface area is 81.4 Å². The minimum Gasteiger partial charge on any atom is -0.282 e. The molecule has 0 unspecified atom stereocenters. The Balaban J connectivity index is 3.20. The van der Waals surface area contributed by atoms with Gasteiger partial charge in [0.05, 0.1) is 9.81 Å². The first-order chi connectivity index (χ1) is 6.21. The van der Waals surface area contributed by atoms with Gasteiger partial charge in [0.1, 0.15) is 0 Å². The van der Waals surface area contributed by atoms with Crippen molar-refractivity contribution in [1.29, 1.82) is 0 Å². The summed E-state index contributed by atoms with van der Waals surface area (Å²) in [5.41, 5.74) is 0. The highest BCUT2D eigenvalue weighted by molar-refractivity contribution is 7.91. The zero-order valence-electron chi connectivity index (χ0n) is 6.91. The molecule has 14 heavy (non-hydrogen) atoms. The molecule has 0 aromatic rings. The van der Waals surface area contributed by atoms with E-state index < -0.39 is 30.0 Å². The van der Waals surface area contributed by atoms with Crippen LogP contribution in [0.5, 0.6) is 0 Å². The minimum absolute atomic E-state index is 0.0256. The molecule has 0 aromatic carbocycles. The van der Waals surface area contributed by atoms with Crippen LogP contribution in [0.4, 0.5) is 0 Å². The number of hydrogen-bond acceptors (Lipinski definition) is 4. The second kappa shape index (κ2) is 3.46. The molecule has 0 saturated heterocycles. The fourth-order valence-corrected chi connectivity index (χ4v) is 2.38. The van der Waals surface area contributed by atoms with E-state index in [9.17, 15) is 16.8 Å².